The van der Waals surface area contributed by atoms with E-state index in [4.69, 9.17) is 0 Å². The van der Waals surface area contributed by atoms with Gasteiger partial charge in [-0.3, -0.25) is 13.9 Å². The van der Waals surface area contributed by atoms with Crippen LogP contribution in [0.5, 0.6) is 0 Å². The lowest BCUT2D eigenvalue weighted by molar-refractivity contribution is -0.115. The summed E-state index contributed by atoms with van der Waals surface area (Å²) in [6.07, 6.45) is 1.81. The van der Waals surface area contributed by atoms with Gasteiger partial charge in [-0.1, -0.05) is 23.8 Å². The van der Waals surface area contributed by atoms with Gasteiger partial charge in [-0.25, -0.2) is 9.79 Å². The van der Waals surface area contributed by atoms with Crippen LogP contribution in [0.4, 0.5) is 5.69 Å². The normalized spacial score (nSPS) is 17.2. The Bertz CT molecular complexity index is 1180. The smallest absolute Gasteiger partial charge is 0.300 e. The number of nitrogens with one attached hydrogen (secondary N) is 1. The molecular formula is C20H18N4O2S. The van der Waals surface area contributed by atoms with Crippen LogP contribution in [-0.4, -0.2) is 20.2 Å². The van der Waals surface area contributed by atoms with Crippen molar-refractivity contribution in [1.82, 2.24) is 14.5 Å². The molecule has 27 heavy (non-hydrogen) atoms. The van der Waals surface area contributed by atoms with E-state index < -0.39 is 0 Å². The highest BCUT2D eigenvalue weighted by Gasteiger charge is 2.24. The monoisotopic (exact) mass is 378 g/mol. The topological polar surface area (TPSA) is 68.4 Å². The molecular weight excluding hydrogens is 360 g/mol. The minimum atomic E-state index is -0.173. The molecule has 1 fully saturated rings. The van der Waals surface area contributed by atoms with Gasteiger partial charge in [-0.15, -0.1) is 0 Å². The van der Waals surface area contributed by atoms with Crippen LogP contribution < -0.4 is 11.0 Å². The molecule has 3 aromatic rings. The first-order chi connectivity index (χ1) is 12.9. The first kappa shape index (κ1) is 17.4. The van der Waals surface area contributed by atoms with Gasteiger partial charge in [0.1, 0.15) is 0 Å². The Balaban J connectivity index is 1.65. The van der Waals surface area contributed by atoms with Crippen LogP contribution in [0.2, 0.25) is 0 Å². The third-order valence-corrected chi connectivity index (χ3v) is 5.42. The largest absolute Gasteiger partial charge is 0.328 e. The molecule has 1 aliphatic rings. The molecule has 0 atom stereocenters. The maximum Gasteiger partial charge on any atom is 0.328 e. The fourth-order valence-electron chi connectivity index (χ4n) is 2.98. The molecule has 0 aliphatic carbocycles. The van der Waals surface area contributed by atoms with Crippen molar-refractivity contribution in [3.8, 4) is 0 Å². The molecule has 6 nitrogen and oxygen atoms in total. The molecule has 0 spiro atoms. The SMILES string of the molecule is Cc1ccc(N=C2NC(=O)/C(=C\c3ccc4c(c3)n(C)c(=O)n4C)S2)cc1. The van der Waals surface area contributed by atoms with Crippen LogP contribution in [0.3, 0.4) is 0 Å². The third-order valence-electron chi connectivity index (χ3n) is 4.51. The number of carbonyl (C=O) groups excluding carboxylic acids is 1. The molecule has 0 bridgehead atoms. The first-order valence-corrected chi connectivity index (χ1v) is 9.26. The number of hydrogen-bond donors (Lipinski definition) is 1. The minimum absolute atomic E-state index is 0.0738. The standard InChI is InChI=1S/C20H18N4O2S/c1-12-4-7-14(8-5-12)21-19-22-18(25)17(27-19)11-13-6-9-15-16(10-13)24(3)20(26)23(15)2/h4-11H,1-3H3,(H,21,22,25)/b17-11+. The van der Waals surface area contributed by atoms with Gasteiger partial charge >= 0.3 is 5.69 Å². The summed E-state index contributed by atoms with van der Waals surface area (Å²) in [5.41, 5.74) is 4.43. The third kappa shape index (κ3) is 3.21. The molecule has 1 aliphatic heterocycles. The van der Waals surface area contributed by atoms with E-state index in [1.807, 2.05) is 55.5 Å². The zero-order chi connectivity index (χ0) is 19.1. The predicted molar refractivity (Wildman–Crippen MR) is 110 cm³/mol. The summed E-state index contributed by atoms with van der Waals surface area (Å²) in [4.78, 5) is 29.4. The lowest BCUT2D eigenvalue weighted by atomic mass is 10.2. The van der Waals surface area contributed by atoms with E-state index in [1.54, 1.807) is 23.2 Å². The average Bonchev–Trinajstić information content (AvgIpc) is 3.10. The van der Waals surface area contributed by atoms with Gasteiger partial charge < -0.3 is 5.32 Å². The molecule has 2 heterocycles. The van der Waals surface area contributed by atoms with Crippen LogP contribution in [0.15, 0.2) is 57.2 Å². The van der Waals surface area contributed by atoms with Crippen molar-refractivity contribution in [2.45, 2.75) is 6.92 Å². The number of aliphatic imine (C=N–C) groups is 1. The van der Waals surface area contributed by atoms with Gasteiger partial charge in [0.2, 0.25) is 0 Å². The van der Waals surface area contributed by atoms with Crippen LogP contribution >= 0.6 is 11.8 Å². The van der Waals surface area contributed by atoms with Crippen LogP contribution in [0.1, 0.15) is 11.1 Å². The van der Waals surface area contributed by atoms with Crippen molar-refractivity contribution in [2.24, 2.45) is 19.1 Å². The van der Waals surface area contributed by atoms with E-state index >= 15 is 0 Å². The Morgan fingerprint density at radius 3 is 2.44 bits per heavy atom. The average molecular weight is 378 g/mol. The quantitative estimate of drug-likeness (QED) is 0.697. The predicted octanol–water partition coefficient (Wildman–Crippen LogP) is 3.08. The second-order valence-electron chi connectivity index (χ2n) is 6.47. The number of amides is 1. The number of fused-ring (bicyclic) bond motifs is 1. The van der Waals surface area contributed by atoms with E-state index in [0.717, 1.165) is 27.8 Å². The van der Waals surface area contributed by atoms with Gasteiger partial charge in [-0.2, -0.15) is 0 Å². The maximum absolute atomic E-state index is 12.3. The molecule has 4 rings (SSSR count). The molecule has 1 saturated heterocycles. The number of nitrogens with zero attached hydrogens (tertiary/aromatic N) is 3. The van der Waals surface area contributed by atoms with Crippen molar-refractivity contribution in [2.75, 3.05) is 0 Å². The molecule has 136 valence electrons. The van der Waals surface area contributed by atoms with Gasteiger partial charge in [0.25, 0.3) is 5.91 Å². The summed E-state index contributed by atoms with van der Waals surface area (Å²) in [5, 5.41) is 3.35. The summed E-state index contributed by atoms with van der Waals surface area (Å²) in [6.45, 7) is 2.02. The van der Waals surface area contributed by atoms with E-state index in [9.17, 15) is 9.59 Å². The zero-order valence-corrected chi connectivity index (χ0v) is 16.0. The maximum atomic E-state index is 12.3. The van der Waals surface area contributed by atoms with Crippen molar-refractivity contribution < 1.29 is 4.79 Å². The number of thioether (sulfide) groups is 1. The summed E-state index contributed by atoms with van der Waals surface area (Å²) < 4.78 is 3.21. The summed E-state index contributed by atoms with van der Waals surface area (Å²) >= 11 is 1.31. The van der Waals surface area contributed by atoms with E-state index in [1.165, 1.54) is 11.8 Å². The van der Waals surface area contributed by atoms with Crippen LogP contribution in [0.25, 0.3) is 17.1 Å². The van der Waals surface area contributed by atoms with Crippen LogP contribution in [0, 0.1) is 6.92 Å². The highest BCUT2D eigenvalue weighted by atomic mass is 32.2. The molecule has 1 N–H and O–H groups in total. The molecule has 0 radical (unpaired) electrons. The number of aromatic nitrogens is 2. The van der Waals surface area contributed by atoms with Crippen LogP contribution in [-0.2, 0) is 18.9 Å². The van der Waals surface area contributed by atoms with E-state index in [0.29, 0.717) is 10.1 Å². The van der Waals surface area contributed by atoms with Crippen molar-refractivity contribution in [3.05, 3.63) is 69.0 Å². The fourth-order valence-corrected chi connectivity index (χ4v) is 3.82. The summed E-state index contributed by atoms with van der Waals surface area (Å²) in [5.74, 6) is -0.173. The highest BCUT2D eigenvalue weighted by Crippen LogP contribution is 2.28. The molecule has 1 amide bonds. The van der Waals surface area contributed by atoms with Gasteiger partial charge in [0, 0.05) is 14.1 Å². The van der Waals surface area contributed by atoms with E-state index in [2.05, 4.69) is 10.3 Å². The number of hydrogen-bond acceptors (Lipinski definition) is 4. The molecule has 2 aromatic carbocycles. The Morgan fingerprint density at radius 1 is 1.00 bits per heavy atom. The van der Waals surface area contributed by atoms with Crippen molar-refractivity contribution in [1.29, 1.82) is 0 Å². The summed E-state index contributed by atoms with van der Waals surface area (Å²) in [6, 6.07) is 13.5. The second-order valence-corrected chi connectivity index (χ2v) is 7.50. The molecule has 0 saturated carbocycles. The van der Waals surface area contributed by atoms with Crippen molar-refractivity contribution in [3.63, 3.8) is 0 Å². The number of aryl methyl sites for hydroxylation is 3. The van der Waals surface area contributed by atoms with Gasteiger partial charge in [-0.05, 0) is 54.6 Å². The Morgan fingerprint density at radius 2 is 1.70 bits per heavy atom. The number of imidazole rings is 1. The Kier molecular flexibility index (Phi) is 4.24. The zero-order valence-electron chi connectivity index (χ0n) is 15.2. The van der Waals surface area contributed by atoms with Gasteiger partial charge in [0.15, 0.2) is 5.17 Å². The first-order valence-electron chi connectivity index (χ1n) is 8.44. The molecule has 0 unspecified atom stereocenters. The Hall–Kier alpha value is -3.06. The lowest BCUT2D eigenvalue weighted by Crippen LogP contribution is -2.19. The number of carbonyl (C=O) groups is 1. The summed E-state index contributed by atoms with van der Waals surface area (Å²) in [7, 11) is 3.49. The van der Waals surface area contributed by atoms with E-state index in [-0.39, 0.29) is 11.6 Å². The van der Waals surface area contributed by atoms with Crippen molar-refractivity contribution >= 4 is 45.6 Å². The number of amidine groups is 1. The molecule has 1 aromatic heterocycles. The fraction of sp³-hybridized carbons (Fsp3) is 0.150. The Labute approximate surface area is 160 Å². The minimum Gasteiger partial charge on any atom is -0.300 e. The van der Waals surface area contributed by atoms with Gasteiger partial charge in [0.05, 0.1) is 21.6 Å². The second kappa shape index (κ2) is 6.59. The number of benzene rings is 2. The highest BCUT2D eigenvalue weighted by molar-refractivity contribution is 8.18. The number of rotatable bonds is 2. The molecule has 7 heteroatoms. The lowest BCUT2D eigenvalue weighted by Gasteiger charge is -1.99.